The highest BCUT2D eigenvalue weighted by Crippen LogP contribution is 2.34. The molecule has 0 aliphatic heterocycles. The van der Waals surface area contributed by atoms with E-state index >= 15 is 0 Å². The molecule has 0 radical (unpaired) electrons. The lowest BCUT2D eigenvalue weighted by Crippen LogP contribution is -2.19. The van der Waals surface area contributed by atoms with Crippen LogP contribution in [0.15, 0.2) is 36.4 Å². The Balaban J connectivity index is 2.15. The lowest BCUT2D eigenvalue weighted by atomic mass is 9.81. The van der Waals surface area contributed by atoms with Crippen molar-refractivity contribution in [2.24, 2.45) is 5.92 Å². The average Bonchev–Trinajstić information content (AvgIpc) is 2.98. The average molecular weight is 353 g/mol. The summed E-state index contributed by atoms with van der Waals surface area (Å²) in [6, 6.07) is 11.0. The van der Waals surface area contributed by atoms with Gasteiger partial charge in [-0.3, -0.25) is 4.79 Å². The minimum Gasteiger partial charge on any atom is -0.506 e. The molecule has 1 heterocycles. The summed E-state index contributed by atoms with van der Waals surface area (Å²) in [5.41, 5.74) is 3.47. The van der Waals surface area contributed by atoms with Gasteiger partial charge in [0.1, 0.15) is 22.5 Å². The van der Waals surface area contributed by atoms with E-state index in [-0.39, 0.29) is 11.2 Å². The van der Waals surface area contributed by atoms with Crippen molar-refractivity contribution in [1.82, 2.24) is 15.0 Å². The molecule has 0 saturated carbocycles. The normalized spacial score (nSPS) is 13.1. The number of rotatable bonds is 4. The van der Waals surface area contributed by atoms with Crippen molar-refractivity contribution in [2.75, 3.05) is 0 Å². The maximum absolute atomic E-state index is 11.3. The van der Waals surface area contributed by atoms with Crippen LogP contribution in [0, 0.1) is 5.92 Å². The monoisotopic (exact) mass is 353 g/mol. The van der Waals surface area contributed by atoms with E-state index < -0.39 is 11.9 Å². The molecule has 6 heteroatoms. The highest BCUT2D eigenvalue weighted by atomic mass is 16.4. The number of nitrogens with zero attached hydrogens (tertiary/aromatic N) is 3. The Morgan fingerprint density at radius 2 is 1.73 bits per heavy atom. The molecule has 0 fully saturated rings. The van der Waals surface area contributed by atoms with Gasteiger partial charge < -0.3 is 10.2 Å². The Morgan fingerprint density at radius 3 is 2.23 bits per heavy atom. The molecule has 6 nitrogen and oxygen atoms in total. The lowest BCUT2D eigenvalue weighted by Gasteiger charge is -2.25. The first-order chi connectivity index (χ1) is 12.2. The van der Waals surface area contributed by atoms with Crippen LogP contribution in [0.1, 0.15) is 38.8 Å². The summed E-state index contributed by atoms with van der Waals surface area (Å²) in [6.07, 6.45) is 0.371. The van der Waals surface area contributed by atoms with Gasteiger partial charge in [0, 0.05) is 0 Å². The molecule has 0 saturated heterocycles. The quantitative estimate of drug-likeness (QED) is 0.747. The van der Waals surface area contributed by atoms with Crippen LogP contribution < -0.4 is 0 Å². The molecular formula is C20H23N3O3. The van der Waals surface area contributed by atoms with E-state index in [0.717, 1.165) is 22.2 Å². The molecule has 2 aromatic carbocycles. The number of fused-ring (bicyclic) bond motifs is 1. The number of carbonyl (C=O) groups is 1. The number of phenolic OH excluding ortho intramolecular Hbond substituents is 1. The SMILES string of the molecule is CC(Cc1cc(-n2nc3ccccc3n2)c(O)cc1C(C)(C)C)C(=O)O. The Hall–Kier alpha value is -2.89. The fourth-order valence-electron chi connectivity index (χ4n) is 3.03. The molecule has 1 aromatic heterocycles. The van der Waals surface area contributed by atoms with E-state index in [9.17, 15) is 15.0 Å². The number of aliphatic carboxylic acids is 1. The van der Waals surface area contributed by atoms with Crippen LogP contribution in [0.25, 0.3) is 16.7 Å². The molecule has 136 valence electrons. The molecular weight excluding hydrogens is 330 g/mol. The molecule has 3 aromatic rings. The largest absolute Gasteiger partial charge is 0.506 e. The minimum atomic E-state index is -0.845. The number of benzene rings is 2. The van der Waals surface area contributed by atoms with Crippen molar-refractivity contribution in [3.05, 3.63) is 47.5 Å². The number of carboxylic acids is 1. The van der Waals surface area contributed by atoms with Crippen molar-refractivity contribution in [2.45, 2.75) is 39.5 Å². The van der Waals surface area contributed by atoms with E-state index in [1.165, 1.54) is 4.80 Å². The van der Waals surface area contributed by atoms with Gasteiger partial charge in [-0.15, -0.1) is 15.0 Å². The summed E-state index contributed by atoms with van der Waals surface area (Å²) in [7, 11) is 0. The summed E-state index contributed by atoms with van der Waals surface area (Å²) in [4.78, 5) is 12.7. The molecule has 26 heavy (non-hydrogen) atoms. The van der Waals surface area contributed by atoms with Gasteiger partial charge in [0.2, 0.25) is 0 Å². The van der Waals surface area contributed by atoms with Gasteiger partial charge >= 0.3 is 5.97 Å². The molecule has 0 aliphatic carbocycles. The number of aromatic hydroxyl groups is 1. The Kier molecular flexibility index (Phi) is 4.44. The van der Waals surface area contributed by atoms with Crippen LogP contribution in [0.4, 0.5) is 0 Å². The predicted molar refractivity (Wildman–Crippen MR) is 99.7 cm³/mol. The first-order valence-electron chi connectivity index (χ1n) is 8.58. The van der Waals surface area contributed by atoms with Gasteiger partial charge in [0.15, 0.2) is 0 Å². The zero-order valence-electron chi connectivity index (χ0n) is 15.4. The highest BCUT2D eigenvalue weighted by molar-refractivity contribution is 5.74. The molecule has 0 spiro atoms. The minimum absolute atomic E-state index is 0.0713. The molecule has 0 aliphatic rings. The van der Waals surface area contributed by atoms with Gasteiger partial charge in [-0.05, 0) is 47.2 Å². The van der Waals surface area contributed by atoms with Crippen molar-refractivity contribution in [3.63, 3.8) is 0 Å². The van der Waals surface area contributed by atoms with E-state index in [0.29, 0.717) is 12.1 Å². The third-order valence-electron chi connectivity index (χ3n) is 4.46. The van der Waals surface area contributed by atoms with Crippen molar-refractivity contribution >= 4 is 17.0 Å². The van der Waals surface area contributed by atoms with E-state index in [1.807, 2.05) is 45.0 Å². The highest BCUT2D eigenvalue weighted by Gasteiger charge is 2.24. The fraction of sp³-hybridized carbons (Fsp3) is 0.350. The number of aromatic nitrogens is 3. The topological polar surface area (TPSA) is 88.2 Å². The second-order valence-corrected chi connectivity index (χ2v) is 7.67. The third-order valence-corrected chi connectivity index (χ3v) is 4.46. The summed E-state index contributed by atoms with van der Waals surface area (Å²) in [6.45, 7) is 7.80. The van der Waals surface area contributed by atoms with Crippen LogP contribution >= 0.6 is 0 Å². The lowest BCUT2D eigenvalue weighted by molar-refractivity contribution is -0.141. The molecule has 0 bridgehead atoms. The zero-order valence-corrected chi connectivity index (χ0v) is 15.4. The van der Waals surface area contributed by atoms with Crippen molar-refractivity contribution in [1.29, 1.82) is 0 Å². The molecule has 2 N–H and O–H groups in total. The first kappa shape index (κ1) is 17.9. The van der Waals surface area contributed by atoms with E-state index in [1.54, 1.807) is 19.1 Å². The first-order valence-corrected chi connectivity index (χ1v) is 8.58. The van der Waals surface area contributed by atoms with Gasteiger partial charge in [-0.1, -0.05) is 39.8 Å². The predicted octanol–water partition coefficient (Wildman–Crippen LogP) is 3.69. The maximum Gasteiger partial charge on any atom is 0.306 e. The number of hydrogen-bond acceptors (Lipinski definition) is 4. The van der Waals surface area contributed by atoms with Crippen LogP contribution in [0.2, 0.25) is 0 Å². The summed E-state index contributed by atoms with van der Waals surface area (Å²) in [5, 5.41) is 28.7. The Morgan fingerprint density at radius 1 is 1.15 bits per heavy atom. The second kappa shape index (κ2) is 6.44. The van der Waals surface area contributed by atoms with Gasteiger partial charge in [0.25, 0.3) is 0 Å². The summed E-state index contributed by atoms with van der Waals surface area (Å²) < 4.78 is 0. The number of phenols is 1. The van der Waals surface area contributed by atoms with Crippen molar-refractivity contribution < 1.29 is 15.0 Å². The van der Waals surface area contributed by atoms with E-state index in [2.05, 4.69) is 10.2 Å². The van der Waals surface area contributed by atoms with Gasteiger partial charge in [-0.2, -0.15) is 0 Å². The number of hydrogen-bond donors (Lipinski definition) is 2. The zero-order chi connectivity index (χ0) is 19.1. The van der Waals surface area contributed by atoms with Crippen LogP contribution in [0.5, 0.6) is 5.75 Å². The van der Waals surface area contributed by atoms with Gasteiger partial charge in [0.05, 0.1) is 5.92 Å². The maximum atomic E-state index is 11.3. The van der Waals surface area contributed by atoms with Crippen LogP contribution in [0.3, 0.4) is 0 Å². The fourth-order valence-corrected chi connectivity index (χ4v) is 3.03. The summed E-state index contributed by atoms with van der Waals surface area (Å²) >= 11 is 0. The second-order valence-electron chi connectivity index (χ2n) is 7.67. The Bertz CT molecular complexity index is 937. The molecule has 1 atom stereocenters. The van der Waals surface area contributed by atoms with E-state index in [4.69, 9.17) is 0 Å². The van der Waals surface area contributed by atoms with Gasteiger partial charge in [-0.25, -0.2) is 0 Å². The molecule has 1 unspecified atom stereocenters. The van der Waals surface area contributed by atoms with Crippen LogP contribution in [-0.4, -0.2) is 31.2 Å². The standard InChI is InChI=1S/C20H23N3O3/c1-12(19(25)26)9-13-10-17(18(24)11-14(13)20(2,3)4)23-21-15-7-5-6-8-16(15)22-23/h5-8,10-12,24H,9H2,1-4H3,(H,25,26). The molecule has 0 amide bonds. The number of carboxylic acid groups (broad SMARTS) is 1. The van der Waals surface area contributed by atoms with Crippen LogP contribution in [-0.2, 0) is 16.6 Å². The molecule has 3 rings (SSSR count). The van der Waals surface area contributed by atoms with Crippen molar-refractivity contribution in [3.8, 4) is 11.4 Å². The third kappa shape index (κ3) is 3.40. The smallest absolute Gasteiger partial charge is 0.306 e. The summed E-state index contributed by atoms with van der Waals surface area (Å²) in [5.74, 6) is -1.30. The Labute approximate surface area is 152 Å².